The highest BCUT2D eigenvalue weighted by molar-refractivity contribution is 5.76. The van der Waals surface area contributed by atoms with Gasteiger partial charge in [-0.1, -0.05) is 36.8 Å². The Labute approximate surface area is 132 Å². The molecule has 1 amide bonds. The summed E-state index contributed by atoms with van der Waals surface area (Å²) in [7, 11) is 0. The van der Waals surface area contributed by atoms with Gasteiger partial charge in [-0.2, -0.15) is 0 Å². The molecule has 2 fully saturated rings. The van der Waals surface area contributed by atoms with E-state index in [1.807, 2.05) is 4.90 Å². The minimum absolute atomic E-state index is 0.247. The van der Waals surface area contributed by atoms with Crippen LogP contribution in [0, 0.1) is 5.92 Å². The third-order valence-electron chi connectivity index (χ3n) is 4.85. The Kier molecular flexibility index (Phi) is 5.46. The van der Waals surface area contributed by atoms with Gasteiger partial charge in [0.2, 0.25) is 5.91 Å². The molecule has 0 bridgehead atoms. The molecule has 1 saturated carbocycles. The predicted molar refractivity (Wildman–Crippen MR) is 86.5 cm³/mol. The topological polar surface area (TPSA) is 41.6 Å². The number of amides is 1. The standard InChI is InChI=1S/C18H26N2O2/c21-17(20-11-13-22-14-12-20)9-10-19-18(16-7-4-8-16)15-5-2-1-3-6-15/h1-3,5-6,16,18-19H,4,7-14H2/t18-/m1/s1. The largest absolute Gasteiger partial charge is 0.378 e. The first-order valence-corrected chi connectivity index (χ1v) is 8.48. The average Bonchev–Trinajstić information content (AvgIpc) is 2.53. The van der Waals surface area contributed by atoms with E-state index in [0.29, 0.717) is 25.7 Å². The highest BCUT2D eigenvalue weighted by Crippen LogP contribution is 2.37. The number of nitrogens with one attached hydrogen (secondary N) is 1. The number of carbonyl (C=O) groups excluding carboxylic acids is 1. The molecule has 120 valence electrons. The maximum atomic E-state index is 12.2. The van der Waals surface area contributed by atoms with Gasteiger partial charge in [0.15, 0.2) is 0 Å². The van der Waals surface area contributed by atoms with Crippen molar-refractivity contribution in [3.63, 3.8) is 0 Å². The third kappa shape index (κ3) is 3.87. The van der Waals surface area contributed by atoms with E-state index in [1.165, 1.54) is 24.8 Å². The van der Waals surface area contributed by atoms with Crippen LogP contribution in [0.5, 0.6) is 0 Å². The van der Waals surface area contributed by atoms with Crippen LogP contribution in [-0.4, -0.2) is 43.7 Å². The highest BCUT2D eigenvalue weighted by atomic mass is 16.5. The molecule has 1 aliphatic carbocycles. The van der Waals surface area contributed by atoms with Gasteiger partial charge >= 0.3 is 0 Å². The van der Waals surface area contributed by atoms with Crippen LogP contribution in [0.25, 0.3) is 0 Å². The minimum atomic E-state index is 0.247. The number of nitrogens with zero attached hydrogens (tertiary/aromatic N) is 1. The molecule has 0 radical (unpaired) electrons. The zero-order valence-corrected chi connectivity index (χ0v) is 13.2. The number of hydrogen-bond donors (Lipinski definition) is 1. The molecular weight excluding hydrogens is 276 g/mol. The van der Waals surface area contributed by atoms with Gasteiger partial charge in [-0.15, -0.1) is 0 Å². The predicted octanol–water partition coefficient (Wildman–Crippen LogP) is 2.37. The number of morpholine rings is 1. The van der Waals surface area contributed by atoms with Crippen molar-refractivity contribution in [1.29, 1.82) is 0 Å². The van der Waals surface area contributed by atoms with Crippen LogP contribution in [0.3, 0.4) is 0 Å². The normalized spacial score (nSPS) is 20.5. The Bertz CT molecular complexity index is 467. The van der Waals surface area contributed by atoms with E-state index in [9.17, 15) is 4.79 Å². The van der Waals surface area contributed by atoms with Crippen molar-refractivity contribution in [2.45, 2.75) is 31.7 Å². The first-order valence-electron chi connectivity index (χ1n) is 8.48. The first kappa shape index (κ1) is 15.5. The van der Waals surface area contributed by atoms with Crippen molar-refractivity contribution in [3.05, 3.63) is 35.9 Å². The summed E-state index contributed by atoms with van der Waals surface area (Å²) in [4.78, 5) is 14.1. The minimum Gasteiger partial charge on any atom is -0.378 e. The number of hydrogen-bond acceptors (Lipinski definition) is 3. The first-order chi connectivity index (χ1) is 10.8. The summed E-state index contributed by atoms with van der Waals surface area (Å²) in [5.74, 6) is 0.970. The van der Waals surface area contributed by atoms with Gasteiger partial charge in [0.25, 0.3) is 0 Å². The lowest BCUT2D eigenvalue weighted by Crippen LogP contribution is -2.42. The molecule has 1 N–H and O–H groups in total. The van der Waals surface area contributed by atoms with Crippen LogP contribution in [0.15, 0.2) is 30.3 Å². The molecule has 4 nitrogen and oxygen atoms in total. The van der Waals surface area contributed by atoms with Crippen LogP contribution in [0.4, 0.5) is 0 Å². The van der Waals surface area contributed by atoms with Crippen LogP contribution in [0.2, 0.25) is 0 Å². The summed E-state index contributed by atoms with van der Waals surface area (Å²) in [6, 6.07) is 11.0. The summed E-state index contributed by atoms with van der Waals surface area (Å²) in [5, 5.41) is 3.63. The summed E-state index contributed by atoms with van der Waals surface area (Å²) < 4.78 is 5.29. The van der Waals surface area contributed by atoms with Gasteiger partial charge in [0.1, 0.15) is 0 Å². The van der Waals surface area contributed by atoms with E-state index >= 15 is 0 Å². The van der Waals surface area contributed by atoms with Gasteiger partial charge in [-0.25, -0.2) is 0 Å². The molecule has 1 saturated heterocycles. The van der Waals surface area contributed by atoms with Crippen molar-refractivity contribution in [1.82, 2.24) is 10.2 Å². The molecular formula is C18H26N2O2. The molecule has 1 atom stereocenters. The van der Waals surface area contributed by atoms with Gasteiger partial charge in [0.05, 0.1) is 13.2 Å². The second-order valence-electron chi connectivity index (χ2n) is 6.28. The van der Waals surface area contributed by atoms with Crippen molar-refractivity contribution in [2.24, 2.45) is 5.92 Å². The Balaban J connectivity index is 1.50. The number of ether oxygens (including phenoxy) is 1. The molecule has 0 aromatic heterocycles. The molecule has 3 rings (SSSR count). The molecule has 0 spiro atoms. The summed E-state index contributed by atoms with van der Waals surface area (Å²) >= 11 is 0. The van der Waals surface area contributed by atoms with Crippen molar-refractivity contribution in [2.75, 3.05) is 32.8 Å². The Hall–Kier alpha value is -1.39. The van der Waals surface area contributed by atoms with E-state index < -0.39 is 0 Å². The molecule has 1 aliphatic heterocycles. The second-order valence-corrected chi connectivity index (χ2v) is 6.28. The fraction of sp³-hybridized carbons (Fsp3) is 0.611. The summed E-state index contributed by atoms with van der Waals surface area (Å²) in [6.45, 7) is 3.58. The Morgan fingerprint density at radius 2 is 1.95 bits per heavy atom. The number of benzene rings is 1. The van der Waals surface area contributed by atoms with Crippen LogP contribution < -0.4 is 5.32 Å². The van der Waals surface area contributed by atoms with E-state index in [-0.39, 0.29) is 5.91 Å². The summed E-state index contributed by atoms with van der Waals surface area (Å²) in [5.41, 5.74) is 1.35. The van der Waals surface area contributed by atoms with Gasteiger partial charge in [-0.05, 0) is 24.3 Å². The van der Waals surface area contributed by atoms with Crippen molar-refractivity contribution in [3.8, 4) is 0 Å². The zero-order chi connectivity index (χ0) is 15.2. The van der Waals surface area contributed by atoms with Crippen LogP contribution in [0.1, 0.15) is 37.3 Å². The number of rotatable bonds is 6. The lowest BCUT2D eigenvalue weighted by atomic mass is 9.77. The van der Waals surface area contributed by atoms with Gasteiger partial charge < -0.3 is 15.0 Å². The fourth-order valence-corrected chi connectivity index (χ4v) is 3.30. The maximum absolute atomic E-state index is 12.2. The molecule has 4 heteroatoms. The fourth-order valence-electron chi connectivity index (χ4n) is 3.30. The molecule has 0 unspecified atom stereocenters. The lowest BCUT2D eigenvalue weighted by Gasteiger charge is -2.35. The van der Waals surface area contributed by atoms with E-state index in [1.54, 1.807) is 0 Å². The SMILES string of the molecule is O=C(CCN[C@H](c1ccccc1)C1CCC1)N1CCOCC1. The Morgan fingerprint density at radius 3 is 2.59 bits per heavy atom. The average molecular weight is 302 g/mol. The summed E-state index contributed by atoms with van der Waals surface area (Å²) in [6.07, 6.45) is 4.51. The molecule has 2 aliphatic rings. The Morgan fingerprint density at radius 1 is 1.23 bits per heavy atom. The third-order valence-corrected chi connectivity index (χ3v) is 4.85. The molecule has 1 aromatic rings. The van der Waals surface area contributed by atoms with Crippen LogP contribution in [-0.2, 0) is 9.53 Å². The van der Waals surface area contributed by atoms with E-state index in [0.717, 1.165) is 25.6 Å². The van der Waals surface area contributed by atoms with Crippen molar-refractivity contribution >= 4 is 5.91 Å². The number of carbonyl (C=O) groups is 1. The molecule has 22 heavy (non-hydrogen) atoms. The molecule has 1 heterocycles. The monoisotopic (exact) mass is 302 g/mol. The van der Waals surface area contributed by atoms with E-state index in [4.69, 9.17) is 4.74 Å². The maximum Gasteiger partial charge on any atom is 0.224 e. The van der Waals surface area contributed by atoms with Gasteiger partial charge in [-0.3, -0.25) is 4.79 Å². The zero-order valence-electron chi connectivity index (χ0n) is 13.2. The lowest BCUT2D eigenvalue weighted by molar-refractivity contribution is -0.135. The molecule has 1 aromatic carbocycles. The smallest absolute Gasteiger partial charge is 0.224 e. The van der Waals surface area contributed by atoms with E-state index in [2.05, 4.69) is 35.6 Å². The van der Waals surface area contributed by atoms with Crippen molar-refractivity contribution < 1.29 is 9.53 Å². The second kappa shape index (κ2) is 7.75. The van der Waals surface area contributed by atoms with Crippen LogP contribution >= 0.6 is 0 Å². The highest BCUT2D eigenvalue weighted by Gasteiger charge is 2.28. The quantitative estimate of drug-likeness (QED) is 0.877. The van der Waals surface area contributed by atoms with Gasteiger partial charge in [0, 0.05) is 32.1 Å².